The molecule has 0 aromatic carbocycles. The molecule has 2 heterocycles. The molecule has 0 aliphatic carbocycles. The second-order valence-electron chi connectivity index (χ2n) is 4.95. The second kappa shape index (κ2) is 4.78. The van der Waals surface area contributed by atoms with E-state index in [1.54, 1.807) is 0 Å². The summed E-state index contributed by atoms with van der Waals surface area (Å²) in [5, 5.41) is 0. The Labute approximate surface area is 104 Å². The van der Waals surface area contributed by atoms with Crippen LogP contribution < -0.4 is 9.04 Å². The zero-order chi connectivity index (χ0) is 12.4. The van der Waals surface area contributed by atoms with E-state index in [4.69, 9.17) is 0 Å². The zero-order valence-electron chi connectivity index (χ0n) is 11.1. The normalized spacial score (nSPS) is 10.4. The van der Waals surface area contributed by atoms with Gasteiger partial charge in [0.2, 0.25) is 0 Å². The minimum atomic E-state index is 0.866. The average molecular weight is 226 g/mol. The number of aromatic nitrogens is 2. The van der Waals surface area contributed by atoms with Crippen molar-refractivity contribution in [3.8, 4) is 0 Å². The summed E-state index contributed by atoms with van der Waals surface area (Å²) in [6.45, 7) is 9.40. The van der Waals surface area contributed by atoms with Crippen molar-refractivity contribution in [2.75, 3.05) is 0 Å². The average Bonchev–Trinajstić information content (AvgIpc) is 2.13. The van der Waals surface area contributed by atoms with Gasteiger partial charge in [0.1, 0.15) is 0 Å². The molecule has 2 rings (SSSR count). The minimum absolute atomic E-state index is 0.866. The van der Waals surface area contributed by atoms with Crippen LogP contribution in [0.5, 0.6) is 0 Å². The maximum atomic E-state index is 2.23. The van der Waals surface area contributed by atoms with Gasteiger partial charge in [-0.3, -0.25) is 0 Å². The van der Waals surface area contributed by atoms with E-state index in [1.807, 2.05) is 0 Å². The van der Waals surface area contributed by atoms with Crippen LogP contribution in [-0.2, 0) is 6.67 Å². The van der Waals surface area contributed by atoms with E-state index in [0.29, 0.717) is 0 Å². The number of nitrogens with zero attached hydrogens (tertiary/aromatic N) is 2. The Balaban J connectivity index is 2.31. The first-order valence-electron chi connectivity index (χ1n) is 5.97. The van der Waals surface area contributed by atoms with Crippen molar-refractivity contribution < 1.29 is 9.04 Å². The molecular weight excluding hydrogens is 207 g/mol. The Kier molecular flexibility index (Phi) is 3.37. The monoisotopic (exact) mass is 226 g/mol. The topological polar surface area (TPSA) is 7.76 Å². The Morgan fingerprint density at radius 1 is 0.882 bits per heavy atom. The Morgan fingerprint density at radius 2 is 1.47 bits per heavy atom. The third kappa shape index (κ3) is 3.22. The fourth-order valence-corrected chi connectivity index (χ4v) is 2.34. The van der Waals surface area contributed by atoms with Crippen molar-refractivity contribution in [3.63, 3.8) is 0 Å². The van der Waals surface area contributed by atoms with Crippen LogP contribution >= 0.6 is 0 Å². The van der Waals surface area contributed by atoms with Crippen molar-refractivity contribution >= 4 is 7.05 Å². The SMILES string of the molecule is Cc1b[n+](C[n+]2cc(C)cc(C)c2)cc(C)c1. The van der Waals surface area contributed by atoms with E-state index in [0.717, 1.165) is 6.67 Å². The molecule has 0 amide bonds. The van der Waals surface area contributed by atoms with Gasteiger partial charge in [-0.1, -0.05) is 0 Å². The van der Waals surface area contributed by atoms with Crippen molar-refractivity contribution in [1.82, 2.24) is 0 Å². The van der Waals surface area contributed by atoms with E-state index in [-0.39, 0.29) is 0 Å². The molecule has 17 heavy (non-hydrogen) atoms. The molecule has 0 aliphatic heterocycles. The van der Waals surface area contributed by atoms with Gasteiger partial charge in [-0.2, -0.15) is 0 Å². The first kappa shape index (κ1) is 12.0. The van der Waals surface area contributed by atoms with Crippen LogP contribution in [0.2, 0.25) is 0 Å². The van der Waals surface area contributed by atoms with E-state index in [1.165, 1.54) is 22.1 Å². The molecule has 0 aliphatic rings. The van der Waals surface area contributed by atoms with Gasteiger partial charge in [0.05, 0.1) is 0 Å². The number of aryl methyl sites for hydroxylation is 4. The fraction of sp³-hybridized carbons (Fsp3) is 0.357. The molecule has 86 valence electrons. The molecule has 3 heteroatoms. The van der Waals surface area contributed by atoms with E-state index in [2.05, 4.69) is 74.5 Å². The van der Waals surface area contributed by atoms with Gasteiger partial charge in [-0.15, -0.1) is 0 Å². The molecule has 0 spiro atoms. The van der Waals surface area contributed by atoms with E-state index < -0.39 is 0 Å². The van der Waals surface area contributed by atoms with E-state index in [9.17, 15) is 0 Å². The van der Waals surface area contributed by atoms with Crippen LogP contribution in [0.15, 0.2) is 30.7 Å². The first-order chi connectivity index (χ1) is 8.02. The summed E-state index contributed by atoms with van der Waals surface area (Å²) in [7, 11) is 2.18. The summed E-state index contributed by atoms with van der Waals surface area (Å²) in [6, 6.07) is 4.39. The number of rotatable bonds is 2. The van der Waals surface area contributed by atoms with Gasteiger partial charge in [-0.25, -0.2) is 0 Å². The van der Waals surface area contributed by atoms with Crippen LogP contribution in [-0.4, -0.2) is 7.05 Å². The summed E-state index contributed by atoms with van der Waals surface area (Å²) >= 11 is 0. The van der Waals surface area contributed by atoms with Crippen molar-refractivity contribution in [2.24, 2.45) is 0 Å². The predicted molar refractivity (Wildman–Crippen MR) is 69.0 cm³/mol. The molecule has 0 atom stereocenters. The maximum absolute atomic E-state index is 2.23. The van der Waals surface area contributed by atoms with Crippen molar-refractivity contribution in [3.05, 3.63) is 52.9 Å². The summed E-state index contributed by atoms with van der Waals surface area (Å²) in [6.07, 6.45) is 6.53. The van der Waals surface area contributed by atoms with Crippen LogP contribution in [0.3, 0.4) is 0 Å². The number of pyridine rings is 1. The molecule has 2 nitrogen and oxygen atoms in total. The van der Waals surface area contributed by atoms with Crippen molar-refractivity contribution in [1.29, 1.82) is 0 Å². The van der Waals surface area contributed by atoms with Gasteiger partial charge in [0, 0.05) is 0 Å². The van der Waals surface area contributed by atoms with Crippen LogP contribution in [0, 0.1) is 27.7 Å². The molecule has 0 saturated heterocycles. The van der Waals surface area contributed by atoms with Gasteiger partial charge in [0.15, 0.2) is 0 Å². The molecule has 2 aromatic rings. The molecular formula is C14H19BN2+2. The predicted octanol–water partition coefficient (Wildman–Crippen LogP) is 1.34. The Hall–Kier alpha value is -1.51. The summed E-state index contributed by atoms with van der Waals surface area (Å²) in [4.78, 5) is 0. The Bertz CT molecular complexity index is 460. The van der Waals surface area contributed by atoms with Crippen LogP contribution in [0.1, 0.15) is 22.1 Å². The van der Waals surface area contributed by atoms with Gasteiger partial charge >= 0.3 is 103 Å². The Morgan fingerprint density at radius 3 is 2.06 bits per heavy atom. The van der Waals surface area contributed by atoms with Crippen LogP contribution in [0.4, 0.5) is 0 Å². The van der Waals surface area contributed by atoms with Crippen molar-refractivity contribution in [2.45, 2.75) is 34.4 Å². The number of hydrogen-bond acceptors (Lipinski definition) is 0. The van der Waals surface area contributed by atoms with E-state index >= 15 is 0 Å². The third-order valence-corrected chi connectivity index (χ3v) is 2.72. The molecule has 0 saturated carbocycles. The quantitative estimate of drug-likeness (QED) is 0.683. The van der Waals surface area contributed by atoms with Gasteiger partial charge < -0.3 is 0 Å². The summed E-state index contributed by atoms with van der Waals surface area (Å²) < 4.78 is 4.45. The molecule has 0 bridgehead atoms. The first-order valence-corrected chi connectivity index (χ1v) is 5.97. The fourth-order valence-electron chi connectivity index (χ4n) is 2.34. The standard InChI is InChI=1S/C14H19BN2/c1-11-5-12(2)8-16(7-11)10-17-9-13(3)6-14(4)15-17/h5-9H,10H2,1-4H3/q+2. The summed E-state index contributed by atoms with van der Waals surface area (Å²) in [5.41, 5.74) is 5.20. The van der Waals surface area contributed by atoms with Gasteiger partial charge in [0.25, 0.3) is 0 Å². The van der Waals surface area contributed by atoms with Crippen LogP contribution in [0.25, 0.3) is 0 Å². The summed E-state index contributed by atoms with van der Waals surface area (Å²) in [5.74, 6) is 0. The molecule has 0 unspecified atom stereocenters. The van der Waals surface area contributed by atoms with Gasteiger partial charge in [-0.05, 0) is 0 Å². The molecule has 0 fully saturated rings. The zero-order valence-corrected chi connectivity index (χ0v) is 11.1. The molecule has 2 aromatic heterocycles. The second-order valence-corrected chi connectivity index (χ2v) is 4.95. The number of hydrogen-bond donors (Lipinski definition) is 0. The molecule has 0 radical (unpaired) electrons. The molecule has 0 N–H and O–H groups in total. The third-order valence-electron chi connectivity index (χ3n) is 2.72.